The Morgan fingerprint density at radius 2 is 1.83 bits per heavy atom. The summed E-state index contributed by atoms with van der Waals surface area (Å²) in [6, 6.07) is 12.8. The Balaban J connectivity index is 1.97. The van der Waals surface area contributed by atoms with E-state index in [4.69, 9.17) is 11.6 Å². The van der Waals surface area contributed by atoms with Gasteiger partial charge in [-0.2, -0.15) is 13.2 Å². The van der Waals surface area contributed by atoms with E-state index in [0.717, 1.165) is 30.1 Å². The van der Waals surface area contributed by atoms with E-state index < -0.39 is 11.7 Å². The van der Waals surface area contributed by atoms with E-state index in [1.807, 2.05) is 35.2 Å². The maximum absolute atomic E-state index is 12.8. The summed E-state index contributed by atoms with van der Waals surface area (Å²) >= 11 is 7.51. The normalized spacial score (nSPS) is 17.0. The summed E-state index contributed by atoms with van der Waals surface area (Å²) in [5.74, 6) is 0.824. The van der Waals surface area contributed by atoms with Crippen LogP contribution in [0.4, 0.5) is 24.5 Å². The van der Waals surface area contributed by atoms with Crippen molar-refractivity contribution >= 4 is 39.9 Å². The number of benzene rings is 2. The number of nitrogens with zero attached hydrogens (tertiary/aromatic N) is 2. The summed E-state index contributed by atoms with van der Waals surface area (Å²) < 4.78 is 38.5. The third-order valence-electron chi connectivity index (χ3n) is 3.33. The smallest absolute Gasteiger partial charge is 0.320 e. The van der Waals surface area contributed by atoms with Gasteiger partial charge in [-0.25, -0.2) is 4.99 Å². The first-order valence-corrected chi connectivity index (χ1v) is 8.22. The Bertz CT molecular complexity index is 732. The molecule has 2 nitrogen and oxygen atoms in total. The Morgan fingerprint density at radius 1 is 1.09 bits per heavy atom. The van der Waals surface area contributed by atoms with Crippen molar-refractivity contribution in [3.05, 3.63) is 59.1 Å². The highest BCUT2D eigenvalue weighted by atomic mass is 35.5. The van der Waals surface area contributed by atoms with E-state index in [-0.39, 0.29) is 10.7 Å². The molecule has 0 aliphatic carbocycles. The molecule has 0 radical (unpaired) electrons. The molecule has 1 aliphatic heterocycles. The summed E-state index contributed by atoms with van der Waals surface area (Å²) in [5, 5.41) is 0.850. The predicted molar refractivity (Wildman–Crippen MR) is 89.8 cm³/mol. The van der Waals surface area contributed by atoms with Gasteiger partial charge in [-0.1, -0.05) is 41.6 Å². The molecule has 0 amide bonds. The Labute approximate surface area is 141 Å². The fraction of sp³-hybridized carbons (Fsp3) is 0.188. The minimum Gasteiger partial charge on any atom is -0.320 e. The maximum atomic E-state index is 12.8. The molecule has 1 fully saturated rings. The van der Waals surface area contributed by atoms with E-state index in [9.17, 15) is 13.2 Å². The quantitative estimate of drug-likeness (QED) is 0.696. The molecular weight excluding hydrogens is 345 g/mol. The second-order valence-electron chi connectivity index (χ2n) is 4.89. The summed E-state index contributed by atoms with van der Waals surface area (Å²) in [4.78, 5) is 6.34. The van der Waals surface area contributed by atoms with Crippen LogP contribution < -0.4 is 4.90 Å². The van der Waals surface area contributed by atoms with Crippen molar-refractivity contribution in [3.8, 4) is 0 Å². The minimum atomic E-state index is -4.42. The lowest BCUT2D eigenvalue weighted by Crippen LogP contribution is -2.23. The number of thioether (sulfide) groups is 1. The predicted octanol–water partition coefficient (Wildman–Crippen LogP) is 5.60. The van der Waals surface area contributed by atoms with Gasteiger partial charge in [-0.05, 0) is 30.3 Å². The molecule has 1 heterocycles. The van der Waals surface area contributed by atoms with Crippen LogP contribution in [0.15, 0.2) is 53.5 Å². The van der Waals surface area contributed by atoms with E-state index in [0.29, 0.717) is 5.17 Å². The van der Waals surface area contributed by atoms with Gasteiger partial charge in [0, 0.05) is 18.0 Å². The average molecular weight is 357 g/mol. The molecule has 7 heteroatoms. The van der Waals surface area contributed by atoms with Gasteiger partial charge in [-0.3, -0.25) is 0 Å². The fourth-order valence-corrected chi connectivity index (χ4v) is 3.35. The van der Waals surface area contributed by atoms with Crippen LogP contribution in [0.1, 0.15) is 5.56 Å². The lowest BCUT2D eigenvalue weighted by Gasteiger charge is -2.18. The molecule has 3 rings (SSSR count). The third-order valence-corrected chi connectivity index (χ3v) is 4.61. The van der Waals surface area contributed by atoms with Crippen LogP contribution in [0, 0.1) is 0 Å². The van der Waals surface area contributed by atoms with Crippen molar-refractivity contribution < 1.29 is 13.2 Å². The van der Waals surface area contributed by atoms with Crippen LogP contribution in [0.5, 0.6) is 0 Å². The highest BCUT2D eigenvalue weighted by Gasteiger charge is 2.31. The number of alkyl halides is 3. The van der Waals surface area contributed by atoms with Crippen molar-refractivity contribution in [2.24, 2.45) is 4.99 Å². The molecule has 2 aromatic rings. The van der Waals surface area contributed by atoms with Crippen molar-refractivity contribution in [3.63, 3.8) is 0 Å². The second kappa shape index (κ2) is 6.45. The number of hydrogen-bond acceptors (Lipinski definition) is 2. The number of rotatable bonds is 2. The zero-order valence-corrected chi connectivity index (χ0v) is 13.4. The molecule has 0 bridgehead atoms. The lowest BCUT2D eigenvalue weighted by atomic mass is 10.2. The average Bonchev–Trinajstić information content (AvgIpc) is 2.97. The van der Waals surface area contributed by atoms with Crippen LogP contribution in [-0.2, 0) is 6.18 Å². The molecule has 1 saturated heterocycles. The van der Waals surface area contributed by atoms with Gasteiger partial charge >= 0.3 is 6.18 Å². The number of aliphatic imine (C=N–C) groups is 1. The molecule has 0 N–H and O–H groups in total. The summed E-state index contributed by atoms with van der Waals surface area (Å²) in [7, 11) is 0. The number of hydrogen-bond donors (Lipinski definition) is 0. The molecule has 1 aliphatic rings. The van der Waals surface area contributed by atoms with E-state index in [2.05, 4.69) is 4.99 Å². The monoisotopic (exact) mass is 356 g/mol. The molecule has 120 valence electrons. The van der Waals surface area contributed by atoms with Crippen LogP contribution in [-0.4, -0.2) is 17.5 Å². The summed E-state index contributed by atoms with van der Waals surface area (Å²) in [6.07, 6.45) is -4.42. The van der Waals surface area contributed by atoms with Gasteiger partial charge in [0.2, 0.25) is 0 Å². The first-order chi connectivity index (χ1) is 10.9. The second-order valence-corrected chi connectivity index (χ2v) is 6.36. The molecule has 0 aromatic heterocycles. The van der Waals surface area contributed by atoms with Crippen molar-refractivity contribution in [1.82, 2.24) is 0 Å². The maximum Gasteiger partial charge on any atom is 0.416 e. The molecule has 0 saturated carbocycles. The Hall–Kier alpha value is -1.66. The van der Waals surface area contributed by atoms with Crippen molar-refractivity contribution in [2.45, 2.75) is 6.18 Å². The zero-order chi connectivity index (χ0) is 16.4. The van der Waals surface area contributed by atoms with E-state index in [1.165, 1.54) is 17.8 Å². The number of halogens is 4. The Morgan fingerprint density at radius 3 is 2.52 bits per heavy atom. The van der Waals surface area contributed by atoms with Gasteiger partial charge in [0.25, 0.3) is 0 Å². The zero-order valence-electron chi connectivity index (χ0n) is 11.8. The third kappa shape index (κ3) is 3.64. The molecule has 0 unspecified atom stereocenters. The highest BCUT2D eigenvalue weighted by molar-refractivity contribution is 8.14. The SMILES string of the molecule is FC(F)(F)c1ccc(Cl)c(N=C2SCCN2c2ccccc2)c1. The van der Waals surface area contributed by atoms with Crippen LogP contribution in [0.25, 0.3) is 0 Å². The van der Waals surface area contributed by atoms with Gasteiger partial charge < -0.3 is 4.90 Å². The Kier molecular flexibility index (Phi) is 4.55. The fourth-order valence-electron chi connectivity index (χ4n) is 2.22. The molecular formula is C16H12ClF3N2S. The standard InChI is InChI=1S/C16H12ClF3N2S/c17-13-7-6-11(16(18,19)20)10-14(13)21-15-22(8-9-23-15)12-4-2-1-3-5-12/h1-7,10H,8-9H2. The summed E-state index contributed by atoms with van der Waals surface area (Å²) in [5.41, 5.74) is 0.335. The van der Waals surface area contributed by atoms with E-state index >= 15 is 0 Å². The van der Waals surface area contributed by atoms with Gasteiger partial charge in [-0.15, -0.1) is 0 Å². The lowest BCUT2D eigenvalue weighted by molar-refractivity contribution is -0.137. The van der Waals surface area contributed by atoms with Crippen LogP contribution in [0.3, 0.4) is 0 Å². The van der Waals surface area contributed by atoms with Crippen molar-refractivity contribution in [2.75, 3.05) is 17.2 Å². The van der Waals surface area contributed by atoms with Crippen LogP contribution in [0.2, 0.25) is 5.02 Å². The molecule has 2 aromatic carbocycles. The molecule has 0 spiro atoms. The van der Waals surface area contributed by atoms with Crippen molar-refractivity contribution in [1.29, 1.82) is 0 Å². The number of para-hydroxylation sites is 1. The summed E-state index contributed by atoms with van der Waals surface area (Å²) in [6.45, 7) is 0.754. The first kappa shape index (κ1) is 16.2. The topological polar surface area (TPSA) is 15.6 Å². The van der Waals surface area contributed by atoms with Crippen LogP contribution >= 0.6 is 23.4 Å². The highest BCUT2D eigenvalue weighted by Crippen LogP contribution is 2.36. The molecule has 0 atom stereocenters. The molecule has 23 heavy (non-hydrogen) atoms. The number of anilines is 1. The first-order valence-electron chi connectivity index (χ1n) is 6.86. The van der Waals surface area contributed by atoms with E-state index in [1.54, 1.807) is 0 Å². The minimum absolute atomic E-state index is 0.131. The largest absolute Gasteiger partial charge is 0.416 e. The van der Waals surface area contributed by atoms with Gasteiger partial charge in [0.1, 0.15) is 0 Å². The van der Waals surface area contributed by atoms with Gasteiger partial charge in [0.15, 0.2) is 5.17 Å². The van der Waals surface area contributed by atoms with Gasteiger partial charge in [0.05, 0.1) is 16.3 Å². The number of amidine groups is 1.